The van der Waals surface area contributed by atoms with Gasteiger partial charge in [0.15, 0.2) is 5.82 Å². The molecule has 5 nitrogen and oxygen atoms in total. The van der Waals surface area contributed by atoms with Gasteiger partial charge < -0.3 is 10.1 Å². The lowest BCUT2D eigenvalue weighted by Gasteiger charge is -2.11. The molecule has 0 spiro atoms. The number of nitrogens with zero attached hydrogens (tertiary/aromatic N) is 3. The third-order valence-electron chi connectivity index (χ3n) is 5.14. The molecule has 4 aromatic rings. The van der Waals surface area contributed by atoms with Crippen LogP contribution in [0.3, 0.4) is 0 Å². The summed E-state index contributed by atoms with van der Waals surface area (Å²) >= 11 is 0. The number of benzene rings is 2. The van der Waals surface area contributed by atoms with Crippen molar-refractivity contribution in [2.45, 2.75) is 18.9 Å². The number of pyridine rings is 1. The molecule has 0 bridgehead atoms. The Morgan fingerprint density at radius 2 is 1.57 bits per heavy atom. The van der Waals surface area contributed by atoms with Crippen LogP contribution in [0, 0.1) is 0 Å². The van der Waals surface area contributed by atoms with Crippen LogP contribution in [0.25, 0.3) is 33.8 Å². The Kier molecular flexibility index (Phi) is 4.85. The van der Waals surface area contributed by atoms with Crippen LogP contribution in [0.4, 0.5) is 5.82 Å². The molecule has 1 aliphatic rings. The Morgan fingerprint density at radius 1 is 0.800 bits per heavy atom. The summed E-state index contributed by atoms with van der Waals surface area (Å²) in [6, 6.07) is 22.7. The summed E-state index contributed by atoms with van der Waals surface area (Å²) in [4.78, 5) is 14.1. The minimum absolute atomic E-state index is 0.514. The number of methoxy groups -OCH3 is 1. The first-order valence-electron chi connectivity index (χ1n) is 10.1. The fourth-order valence-electron chi connectivity index (χ4n) is 3.34. The Morgan fingerprint density at radius 3 is 2.30 bits per heavy atom. The van der Waals surface area contributed by atoms with E-state index in [1.54, 1.807) is 7.11 Å². The van der Waals surface area contributed by atoms with Gasteiger partial charge in [-0.2, -0.15) is 0 Å². The number of ether oxygens (including phenoxy) is 1. The number of anilines is 1. The molecule has 2 heterocycles. The predicted octanol–water partition coefficient (Wildman–Crippen LogP) is 5.46. The molecule has 0 radical (unpaired) electrons. The van der Waals surface area contributed by atoms with Gasteiger partial charge in [0.1, 0.15) is 11.6 Å². The molecule has 148 valence electrons. The van der Waals surface area contributed by atoms with E-state index in [9.17, 15) is 0 Å². The molecule has 5 heteroatoms. The summed E-state index contributed by atoms with van der Waals surface area (Å²) in [6.07, 6.45) is 6.10. The lowest BCUT2D eigenvalue weighted by Crippen LogP contribution is -2.05. The van der Waals surface area contributed by atoms with Crippen LogP contribution in [-0.2, 0) is 0 Å². The number of rotatable bonds is 6. The Balaban J connectivity index is 1.55. The molecule has 30 heavy (non-hydrogen) atoms. The zero-order chi connectivity index (χ0) is 20.3. The van der Waals surface area contributed by atoms with Crippen molar-refractivity contribution in [3.8, 4) is 39.5 Å². The number of aromatic nitrogens is 3. The maximum atomic E-state index is 5.26. The zero-order valence-corrected chi connectivity index (χ0v) is 16.7. The van der Waals surface area contributed by atoms with Crippen molar-refractivity contribution in [2.24, 2.45) is 0 Å². The smallest absolute Gasteiger partial charge is 0.162 e. The predicted molar refractivity (Wildman–Crippen MR) is 119 cm³/mol. The molecule has 1 saturated carbocycles. The van der Waals surface area contributed by atoms with Crippen molar-refractivity contribution in [3.63, 3.8) is 0 Å². The molecule has 5 rings (SSSR count). The van der Waals surface area contributed by atoms with Gasteiger partial charge in [0, 0.05) is 41.2 Å². The third kappa shape index (κ3) is 4.01. The molecule has 1 N–H and O–H groups in total. The quantitative estimate of drug-likeness (QED) is 0.471. The summed E-state index contributed by atoms with van der Waals surface area (Å²) in [5, 5.41) is 3.51. The van der Waals surface area contributed by atoms with E-state index in [1.165, 1.54) is 12.8 Å². The first-order valence-corrected chi connectivity index (χ1v) is 10.1. The van der Waals surface area contributed by atoms with E-state index >= 15 is 0 Å². The van der Waals surface area contributed by atoms with Crippen molar-refractivity contribution in [3.05, 3.63) is 79.1 Å². The van der Waals surface area contributed by atoms with Crippen molar-refractivity contribution in [1.82, 2.24) is 15.0 Å². The highest BCUT2D eigenvalue weighted by atomic mass is 16.5. The average Bonchev–Trinajstić information content (AvgIpc) is 3.63. The summed E-state index contributed by atoms with van der Waals surface area (Å²) in [5.74, 6) is 2.41. The van der Waals surface area contributed by atoms with E-state index in [4.69, 9.17) is 14.7 Å². The molecule has 0 unspecified atom stereocenters. The Hall–Kier alpha value is -3.73. The van der Waals surface area contributed by atoms with E-state index in [1.807, 2.05) is 73.1 Å². The van der Waals surface area contributed by atoms with Crippen LogP contribution in [0.15, 0.2) is 79.1 Å². The van der Waals surface area contributed by atoms with Gasteiger partial charge in [-0.1, -0.05) is 42.5 Å². The molecule has 2 aromatic heterocycles. The second-order valence-corrected chi connectivity index (χ2v) is 7.44. The highest BCUT2D eigenvalue weighted by Gasteiger charge is 2.22. The summed E-state index contributed by atoms with van der Waals surface area (Å²) in [5.41, 5.74) is 4.93. The van der Waals surface area contributed by atoms with E-state index in [0.717, 1.165) is 39.5 Å². The van der Waals surface area contributed by atoms with E-state index in [0.29, 0.717) is 11.9 Å². The number of nitrogens with one attached hydrogen (secondary N) is 1. The van der Waals surface area contributed by atoms with Crippen molar-refractivity contribution in [2.75, 3.05) is 12.4 Å². The molecule has 0 saturated heterocycles. The lowest BCUT2D eigenvalue weighted by atomic mass is 10.0. The normalized spacial score (nSPS) is 13.1. The maximum Gasteiger partial charge on any atom is 0.162 e. The van der Waals surface area contributed by atoms with Gasteiger partial charge in [-0.3, -0.25) is 4.98 Å². The van der Waals surface area contributed by atoms with Gasteiger partial charge in [-0.25, -0.2) is 9.97 Å². The molecule has 1 fully saturated rings. The average molecular weight is 394 g/mol. The SMILES string of the molecule is COc1ccc(-c2cncc(-c3cc(NC4CC4)nc(-c4ccccc4)n3)c2)cc1. The van der Waals surface area contributed by atoms with E-state index in [-0.39, 0.29) is 0 Å². The summed E-state index contributed by atoms with van der Waals surface area (Å²) < 4.78 is 5.26. The molecular weight excluding hydrogens is 372 g/mol. The number of hydrogen-bond donors (Lipinski definition) is 1. The monoisotopic (exact) mass is 394 g/mol. The second-order valence-electron chi connectivity index (χ2n) is 7.44. The van der Waals surface area contributed by atoms with Crippen LogP contribution in [-0.4, -0.2) is 28.1 Å². The zero-order valence-electron chi connectivity index (χ0n) is 16.7. The van der Waals surface area contributed by atoms with Crippen LogP contribution in [0.5, 0.6) is 5.75 Å². The van der Waals surface area contributed by atoms with Crippen LogP contribution in [0.1, 0.15) is 12.8 Å². The fourth-order valence-corrected chi connectivity index (χ4v) is 3.34. The maximum absolute atomic E-state index is 5.26. The van der Waals surface area contributed by atoms with E-state index < -0.39 is 0 Å². The van der Waals surface area contributed by atoms with Crippen molar-refractivity contribution >= 4 is 5.82 Å². The van der Waals surface area contributed by atoms with Gasteiger partial charge in [-0.05, 0) is 36.6 Å². The lowest BCUT2D eigenvalue weighted by molar-refractivity contribution is 0.415. The van der Waals surface area contributed by atoms with Crippen LogP contribution in [0.2, 0.25) is 0 Å². The standard InChI is InChI=1S/C25H22N4O/c1-30-22-11-7-17(8-12-22)19-13-20(16-26-15-19)23-14-24(27-21-9-10-21)29-25(28-23)18-5-3-2-4-6-18/h2-8,11-16,21H,9-10H2,1H3,(H,27,28,29). The molecule has 0 aliphatic heterocycles. The topological polar surface area (TPSA) is 59.9 Å². The minimum Gasteiger partial charge on any atom is -0.497 e. The second kappa shape index (κ2) is 7.95. The number of hydrogen-bond acceptors (Lipinski definition) is 5. The Bertz CT molecular complexity index is 1160. The summed E-state index contributed by atoms with van der Waals surface area (Å²) in [6.45, 7) is 0. The molecule has 2 aromatic carbocycles. The fraction of sp³-hybridized carbons (Fsp3) is 0.160. The highest BCUT2D eigenvalue weighted by Crippen LogP contribution is 2.30. The van der Waals surface area contributed by atoms with Crippen molar-refractivity contribution in [1.29, 1.82) is 0 Å². The van der Waals surface area contributed by atoms with Gasteiger partial charge in [0.25, 0.3) is 0 Å². The van der Waals surface area contributed by atoms with Crippen molar-refractivity contribution < 1.29 is 4.74 Å². The summed E-state index contributed by atoms with van der Waals surface area (Å²) in [7, 11) is 1.67. The molecular formula is C25H22N4O. The van der Waals surface area contributed by atoms with Crippen LogP contribution >= 0.6 is 0 Å². The van der Waals surface area contributed by atoms with E-state index in [2.05, 4.69) is 16.4 Å². The van der Waals surface area contributed by atoms with Gasteiger partial charge >= 0.3 is 0 Å². The Labute approximate surface area is 175 Å². The van der Waals surface area contributed by atoms with Crippen LogP contribution < -0.4 is 10.1 Å². The van der Waals surface area contributed by atoms with Gasteiger partial charge in [0.2, 0.25) is 0 Å². The largest absolute Gasteiger partial charge is 0.497 e. The third-order valence-corrected chi connectivity index (χ3v) is 5.14. The molecule has 1 aliphatic carbocycles. The van der Waals surface area contributed by atoms with Gasteiger partial charge in [0.05, 0.1) is 12.8 Å². The van der Waals surface area contributed by atoms with Gasteiger partial charge in [-0.15, -0.1) is 0 Å². The minimum atomic E-state index is 0.514. The highest BCUT2D eigenvalue weighted by molar-refractivity contribution is 5.73. The first-order chi connectivity index (χ1) is 14.8. The molecule has 0 amide bonds. The first kappa shape index (κ1) is 18.3. The molecule has 0 atom stereocenters.